The topological polar surface area (TPSA) is 107 Å². The molecule has 5 rings (SSSR count). The third kappa shape index (κ3) is 6.49. The van der Waals surface area contributed by atoms with E-state index in [-0.39, 0.29) is 18.2 Å². The number of guanidine groups is 1. The van der Waals surface area contributed by atoms with Gasteiger partial charge in [-0.1, -0.05) is 24.3 Å². The summed E-state index contributed by atoms with van der Waals surface area (Å²) in [4.78, 5) is 35.7. The van der Waals surface area contributed by atoms with Crippen molar-refractivity contribution in [1.29, 1.82) is 0 Å². The summed E-state index contributed by atoms with van der Waals surface area (Å²) in [5.41, 5.74) is 3.44. The first kappa shape index (κ1) is 25.7. The highest BCUT2D eigenvalue weighted by Gasteiger charge is 2.25. The van der Waals surface area contributed by atoms with Crippen LogP contribution in [0.15, 0.2) is 65.8 Å². The number of nitrogens with zero attached hydrogens (tertiary/aromatic N) is 3. The molecule has 8 nitrogen and oxygen atoms in total. The Balaban J connectivity index is 1.15. The standard InChI is InChI=1S/C30H35N5O3/c36-28(37)19-22(25-17-23-5-1-2-8-27(23)33-20-25)10-9-21-11-15-35(16-12-21)29(38)24-6-3-7-26(18-24)34-30-31-13-4-14-32-30/h1-3,5-8,17-18,20-22H,4,9-16,19H2,(H,36,37)(H2,31,32,34). The predicted octanol–water partition coefficient (Wildman–Crippen LogP) is 4.89. The van der Waals surface area contributed by atoms with E-state index in [1.54, 1.807) is 0 Å². The number of carbonyl (C=O) groups is 2. The van der Waals surface area contributed by atoms with Crippen LogP contribution in [0.2, 0.25) is 0 Å². The van der Waals surface area contributed by atoms with Gasteiger partial charge in [0.15, 0.2) is 5.96 Å². The number of likely N-dealkylation sites (tertiary alicyclic amines) is 1. The number of piperidine rings is 1. The highest BCUT2D eigenvalue weighted by Crippen LogP contribution is 2.32. The molecule has 1 fully saturated rings. The summed E-state index contributed by atoms with van der Waals surface area (Å²) in [6.45, 7) is 3.14. The molecule has 0 aliphatic carbocycles. The van der Waals surface area contributed by atoms with Crippen LogP contribution in [0.1, 0.15) is 60.4 Å². The number of aliphatic carboxylic acids is 1. The number of benzene rings is 2. The third-order valence-electron chi connectivity index (χ3n) is 7.60. The molecule has 8 heteroatoms. The maximum Gasteiger partial charge on any atom is 0.303 e. The van der Waals surface area contributed by atoms with Crippen LogP contribution >= 0.6 is 0 Å². The SMILES string of the molecule is O=C(O)CC(CCC1CCN(C(=O)c2cccc(NC3=NCCCN3)c2)CC1)c1cnc2ccccc2c1. The number of fused-ring (bicyclic) bond motifs is 1. The Hall–Kier alpha value is -3.94. The van der Waals surface area contributed by atoms with Gasteiger partial charge >= 0.3 is 5.97 Å². The van der Waals surface area contributed by atoms with E-state index in [1.807, 2.05) is 59.6 Å². The lowest BCUT2D eigenvalue weighted by atomic mass is 9.85. The van der Waals surface area contributed by atoms with Gasteiger partial charge in [-0.3, -0.25) is 19.6 Å². The summed E-state index contributed by atoms with van der Waals surface area (Å²) in [5, 5.41) is 17.1. The van der Waals surface area contributed by atoms with Crippen LogP contribution in [0.5, 0.6) is 0 Å². The number of nitrogens with one attached hydrogen (secondary N) is 2. The van der Waals surface area contributed by atoms with E-state index in [0.717, 1.165) is 86.4 Å². The summed E-state index contributed by atoms with van der Waals surface area (Å²) >= 11 is 0. The highest BCUT2D eigenvalue weighted by molar-refractivity contribution is 5.98. The zero-order valence-electron chi connectivity index (χ0n) is 21.6. The predicted molar refractivity (Wildman–Crippen MR) is 150 cm³/mol. The molecule has 0 bridgehead atoms. The van der Waals surface area contributed by atoms with E-state index in [9.17, 15) is 14.7 Å². The fraction of sp³-hybridized carbons (Fsp3) is 0.400. The largest absolute Gasteiger partial charge is 0.481 e. The number of aromatic nitrogens is 1. The molecule has 1 aromatic heterocycles. The Morgan fingerprint density at radius 2 is 1.95 bits per heavy atom. The Morgan fingerprint density at radius 3 is 2.74 bits per heavy atom. The normalized spacial score (nSPS) is 16.9. The molecule has 38 heavy (non-hydrogen) atoms. The number of rotatable bonds is 8. The quantitative estimate of drug-likeness (QED) is 0.396. The second-order valence-electron chi connectivity index (χ2n) is 10.3. The number of carboxylic acid groups (broad SMARTS) is 1. The van der Waals surface area contributed by atoms with E-state index in [0.29, 0.717) is 11.5 Å². The first-order valence-electron chi connectivity index (χ1n) is 13.6. The van der Waals surface area contributed by atoms with Gasteiger partial charge in [0.2, 0.25) is 0 Å². The minimum absolute atomic E-state index is 0.0524. The Bertz CT molecular complexity index is 1320. The van der Waals surface area contributed by atoms with Crippen molar-refractivity contribution in [2.75, 3.05) is 31.5 Å². The van der Waals surface area contributed by atoms with Crippen LogP contribution < -0.4 is 10.6 Å². The van der Waals surface area contributed by atoms with Gasteiger partial charge in [0.25, 0.3) is 5.91 Å². The molecule has 1 atom stereocenters. The van der Waals surface area contributed by atoms with Gasteiger partial charge in [-0.2, -0.15) is 0 Å². The lowest BCUT2D eigenvalue weighted by molar-refractivity contribution is -0.137. The number of pyridine rings is 1. The second kappa shape index (κ2) is 12.1. The van der Waals surface area contributed by atoms with Gasteiger partial charge in [0, 0.05) is 49.0 Å². The lowest BCUT2D eigenvalue weighted by Crippen LogP contribution is -2.38. The van der Waals surface area contributed by atoms with E-state index in [4.69, 9.17) is 0 Å². The van der Waals surface area contributed by atoms with Crippen LogP contribution in [0.25, 0.3) is 10.9 Å². The average Bonchev–Trinajstić information content (AvgIpc) is 2.95. The van der Waals surface area contributed by atoms with Gasteiger partial charge in [-0.25, -0.2) is 0 Å². The average molecular weight is 514 g/mol. The minimum atomic E-state index is -0.786. The van der Waals surface area contributed by atoms with Crippen LogP contribution in [-0.2, 0) is 4.79 Å². The number of amides is 1. The van der Waals surface area contributed by atoms with Gasteiger partial charge < -0.3 is 20.6 Å². The zero-order chi connectivity index (χ0) is 26.3. The number of anilines is 1. The van der Waals surface area contributed by atoms with E-state index in [2.05, 4.69) is 26.7 Å². The number of aliphatic imine (C=N–C) groups is 1. The zero-order valence-corrected chi connectivity index (χ0v) is 21.6. The Kier molecular flexibility index (Phi) is 8.16. The van der Waals surface area contributed by atoms with E-state index >= 15 is 0 Å². The first-order chi connectivity index (χ1) is 18.5. The smallest absolute Gasteiger partial charge is 0.303 e. The molecule has 0 radical (unpaired) electrons. The van der Waals surface area contributed by atoms with Crippen LogP contribution in [0.3, 0.4) is 0 Å². The van der Waals surface area contributed by atoms with Crippen molar-refractivity contribution in [3.05, 3.63) is 71.9 Å². The molecule has 3 aromatic rings. The van der Waals surface area contributed by atoms with Crippen molar-refractivity contribution >= 4 is 34.4 Å². The fourth-order valence-electron chi connectivity index (χ4n) is 5.44. The van der Waals surface area contributed by atoms with Crippen LogP contribution in [-0.4, -0.2) is 59.0 Å². The molecule has 0 saturated carbocycles. The number of hydrogen-bond donors (Lipinski definition) is 3. The first-order valence-corrected chi connectivity index (χ1v) is 13.6. The summed E-state index contributed by atoms with van der Waals surface area (Å²) in [6.07, 6.45) is 6.57. The summed E-state index contributed by atoms with van der Waals surface area (Å²) in [7, 11) is 0. The summed E-state index contributed by atoms with van der Waals surface area (Å²) in [5.74, 6) is 0.431. The number of carboxylic acids is 1. The second-order valence-corrected chi connectivity index (χ2v) is 10.3. The maximum absolute atomic E-state index is 13.2. The van der Waals surface area contributed by atoms with Crippen molar-refractivity contribution in [3.8, 4) is 0 Å². The lowest BCUT2D eigenvalue weighted by Gasteiger charge is -2.33. The van der Waals surface area contributed by atoms with Crippen LogP contribution in [0, 0.1) is 5.92 Å². The fourth-order valence-corrected chi connectivity index (χ4v) is 5.44. The number of para-hydroxylation sites is 1. The molecule has 1 amide bonds. The molecule has 2 aromatic carbocycles. The molecule has 2 aliphatic heterocycles. The van der Waals surface area contributed by atoms with Crippen molar-refractivity contribution in [3.63, 3.8) is 0 Å². The molecule has 1 unspecified atom stereocenters. The number of carbonyl (C=O) groups excluding carboxylic acids is 1. The molecule has 3 heterocycles. The Morgan fingerprint density at radius 1 is 1.11 bits per heavy atom. The van der Waals surface area contributed by atoms with Gasteiger partial charge in [0.05, 0.1) is 11.9 Å². The van der Waals surface area contributed by atoms with Gasteiger partial charge in [-0.15, -0.1) is 0 Å². The molecule has 198 valence electrons. The molecular weight excluding hydrogens is 478 g/mol. The molecule has 1 saturated heterocycles. The van der Waals surface area contributed by atoms with Crippen LogP contribution in [0.4, 0.5) is 5.69 Å². The summed E-state index contributed by atoms with van der Waals surface area (Å²) in [6, 6.07) is 17.6. The van der Waals surface area contributed by atoms with E-state index < -0.39 is 5.97 Å². The van der Waals surface area contributed by atoms with Crippen molar-refractivity contribution < 1.29 is 14.7 Å². The number of hydrogen-bond acceptors (Lipinski definition) is 6. The maximum atomic E-state index is 13.2. The van der Waals surface area contributed by atoms with Gasteiger partial charge in [-0.05, 0) is 79.8 Å². The minimum Gasteiger partial charge on any atom is -0.481 e. The molecular formula is C30H35N5O3. The molecule has 3 N–H and O–H groups in total. The van der Waals surface area contributed by atoms with E-state index in [1.165, 1.54) is 0 Å². The van der Waals surface area contributed by atoms with Crippen molar-refractivity contribution in [1.82, 2.24) is 15.2 Å². The van der Waals surface area contributed by atoms with Gasteiger partial charge in [0.1, 0.15) is 0 Å². The van der Waals surface area contributed by atoms with Crippen molar-refractivity contribution in [2.24, 2.45) is 10.9 Å². The monoisotopic (exact) mass is 513 g/mol. The van der Waals surface area contributed by atoms with Crippen molar-refractivity contribution in [2.45, 2.75) is 44.4 Å². The molecule has 0 spiro atoms. The summed E-state index contributed by atoms with van der Waals surface area (Å²) < 4.78 is 0. The Labute approximate surface area is 223 Å². The third-order valence-corrected chi connectivity index (χ3v) is 7.60. The highest BCUT2D eigenvalue weighted by atomic mass is 16.4. The molecule has 2 aliphatic rings.